The zero-order valence-corrected chi connectivity index (χ0v) is 11.1. The van der Waals surface area contributed by atoms with E-state index < -0.39 is 5.60 Å². The summed E-state index contributed by atoms with van der Waals surface area (Å²) in [7, 11) is 0. The van der Waals surface area contributed by atoms with Crippen LogP contribution in [0.2, 0.25) is 0 Å². The summed E-state index contributed by atoms with van der Waals surface area (Å²) in [5.74, 6) is 1.56. The molecule has 98 valence electrons. The lowest BCUT2D eigenvalue weighted by Gasteiger charge is -2.36. The molecule has 1 amide bonds. The van der Waals surface area contributed by atoms with Gasteiger partial charge in [0, 0.05) is 12.6 Å². The first kappa shape index (κ1) is 12.7. The van der Waals surface area contributed by atoms with E-state index >= 15 is 0 Å². The number of rotatable bonds is 2. The van der Waals surface area contributed by atoms with Crippen LogP contribution in [0.4, 0.5) is 4.79 Å². The minimum Gasteiger partial charge on any atom is -0.444 e. The van der Waals surface area contributed by atoms with Crippen molar-refractivity contribution in [3.63, 3.8) is 0 Å². The largest absolute Gasteiger partial charge is 0.444 e. The predicted molar refractivity (Wildman–Crippen MR) is 66.6 cm³/mol. The minimum absolute atomic E-state index is 0.165. The number of hydrogen-bond acceptors (Lipinski definition) is 3. The predicted octanol–water partition coefficient (Wildman–Crippen LogP) is 1.98. The number of likely N-dealkylation sites (tertiary alicyclic amines) is 1. The Balaban J connectivity index is 1.98. The molecule has 2 aliphatic rings. The summed E-state index contributed by atoms with van der Waals surface area (Å²) in [5.41, 5.74) is 5.22. The lowest BCUT2D eigenvalue weighted by atomic mass is 10.00. The average molecular weight is 240 g/mol. The number of piperidine rings is 1. The highest BCUT2D eigenvalue weighted by atomic mass is 16.6. The molecule has 1 saturated carbocycles. The molecule has 1 saturated heterocycles. The van der Waals surface area contributed by atoms with Crippen molar-refractivity contribution in [1.29, 1.82) is 0 Å². The first-order valence-electron chi connectivity index (χ1n) is 6.60. The van der Waals surface area contributed by atoms with Crippen LogP contribution >= 0.6 is 0 Å². The van der Waals surface area contributed by atoms with Crippen LogP contribution in [-0.2, 0) is 4.74 Å². The number of hydrogen-bond donors (Lipinski definition) is 1. The van der Waals surface area contributed by atoms with E-state index in [0.29, 0.717) is 12.6 Å². The molecule has 3 unspecified atom stereocenters. The Morgan fingerprint density at radius 1 is 1.35 bits per heavy atom. The molecule has 4 heteroatoms. The van der Waals surface area contributed by atoms with E-state index in [1.807, 2.05) is 25.7 Å². The average Bonchev–Trinajstić information content (AvgIpc) is 2.92. The number of amides is 1. The number of nitrogens with zero attached hydrogens (tertiary/aromatic N) is 1. The van der Waals surface area contributed by atoms with Gasteiger partial charge in [-0.05, 0) is 58.4 Å². The lowest BCUT2D eigenvalue weighted by molar-refractivity contribution is 0.00798. The molecule has 2 fully saturated rings. The number of carbonyl (C=O) groups excluding carboxylic acids is 1. The molecule has 1 aliphatic heterocycles. The zero-order chi connectivity index (χ0) is 12.6. The third kappa shape index (κ3) is 3.12. The molecule has 3 atom stereocenters. The topological polar surface area (TPSA) is 55.6 Å². The van der Waals surface area contributed by atoms with Gasteiger partial charge in [0.05, 0.1) is 0 Å². The Morgan fingerprint density at radius 3 is 2.65 bits per heavy atom. The van der Waals surface area contributed by atoms with E-state index in [-0.39, 0.29) is 6.09 Å². The van der Waals surface area contributed by atoms with Crippen molar-refractivity contribution in [3.05, 3.63) is 0 Å². The SMILES string of the molecule is CC(C)(C)OC(=O)N1CC2CC2CC1CCN. The smallest absolute Gasteiger partial charge is 0.410 e. The Labute approximate surface area is 103 Å². The van der Waals surface area contributed by atoms with E-state index in [0.717, 1.165) is 31.2 Å². The maximum Gasteiger partial charge on any atom is 0.410 e. The monoisotopic (exact) mass is 240 g/mol. The Morgan fingerprint density at radius 2 is 2.06 bits per heavy atom. The van der Waals surface area contributed by atoms with Crippen molar-refractivity contribution < 1.29 is 9.53 Å². The highest BCUT2D eigenvalue weighted by Crippen LogP contribution is 2.47. The van der Waals surface area contributed by atoms with E-state index in [1.54, 1.807) is 0 Å². The number of carbonyl (C=O) groups is 1. The summed E-state index contributed by atoms with van der Waals surface area (Å²) < 4.78 is 5.47. The summed E-state index contributed by atoms with van der Waals surface area (Å²) >= 11 is 0. The second kappa shape index (κ2) is 4.48. The number of fused-ring (bicyclic) bond motifs is 1. The van der Waals surface area contributed by atoms with Gasteiger partial charge in [-0.25, -0.2) is 4.79 Å². The normalized spacial score (nSPS) is 32.0. The third-order valence-corrected chi connectivity index (χ3v) is 3.64. The third-order valence-electron chi connectivity index (χ3n) is 3.64. The molecular weight excluding hydrogens is 216 g/mol. The van der Waals surface area contributed by atoms with Crippen molar-refractivity contribution in [2.75, 3.05) is 13.1 Å². The van der Waals surface area contributed by atoms with Crippen LogP contribution < -0.4 is 5.73 Å². The summed E-state index contributed by atoms with van der Waals surface area (Å²) in [4.78, 5) is 14.0. The molecule has 1 aliphatic carbocycles. The van der Waals surface area contributed by atoms with Gasteiger partial charge in [0.2, 0.25) is 0 Å². The molecule has 0 aromatic carbocycles. The second-order valence-electron chi connectivity index (χ2n) is 6.36. The summed E-state index contributed by atoms with van der Waals surface area (Å²) in [6.07, 6.45) is 3.12. The van der Waals surface area contributed by atoms with Gasteiger partial charge in [-0.3, -0.25) is 0 Å². The van der Waals surface area contributed by atoms with Crippen LogP contribution in [0.1, 0.15) is 40.0 Å². The van der Waals surface area contributed by atoms with Gasteiger partial charge in [0.1, 0.15) is 5.60 Å². The van der Waals surface area contributed by atoms with Gasteiger partial charge in [0.25, 0.3) is 0 Å². The van der Waals surface area contributed by atoms with Crippen LogP contribution in [0.3, 0.4) is 0 Å². The van der Waals surface area contributed by atoms with Crippen LogP contribution in [0.5, 0.6) is 0 Å². The van der Waals surface area contributed by atoms with Crippen LogP contribution in [0, 0.1) is 11.8 Å². The second-order valence-corrected chi connectivity index (χ2v) is 6.36. The molecule has 17 heavy (non-hydrogen) atoms. The van der Waals surface area contributed by atoms with E-state index in [1.165, 1.54) is 6.42 Å². The molecular formula is C13H24N2O2. The maximum absolute atomic E-state index is 12.1. The fraction of sp³-hybridized carbons (Fsp3) is 0.923. The maximum atomic E-state index is 12.1. The Kier molecular flexibility index (Phi) is 3.34. The minimum atomic E-state index is -0.412. The summed E-state index contributed by atoms with van der Waals surface area (Å²) in [6, 6.07) is 0.290. The zero-order valence-electron chi connectivity index (χ0n) is 11.1. The van der Waals surface area contributed by atoms with Gasteiger partial charge >= 0.3 is 6.09 Å². The first-order chi connectivity index (χ1) is 7.90. The highest BCUT2D eigenvalue weighted by Gasteiger charge is 2.47. The molecule has 0 aromatic heterocycles. The van der Waals surface area contributed by atoms with Crippen molar-refractivity contribution in [2.45, 2.75) is 51.7 Å². The molecule has 0 aromatic rings. The lowest BCUT2D eigenvalue weighted by Crippen LogP contribution is -2.47. The van der Waals surface area contributed by atoms with Crippen molar-refractivity contribution in [2.24, 2.45) is 17.6 Å². The standard InChI is InChI=1S/C13H24N2O2/c1-13(2,3)17-12(16)15-8-10-6-9(10)7-11(15)4-5-14/h9-11H,4-8,14H2,1-3H3. The molecule has 1 heterocycles. The van der Waals surface area contributed by atoms with Gasteiger partial charge in [-0.1, -0.05) is 0 Å². The molecule has 2 N–H and O–H groups in total. The molecule has 0 radical (unpaired) electrons. The highest BCUT2D eigenvalue weighted by molar-refractivity contribution is 5.69. The number of nitrogens with two attached hydrogens (primary N) is 1. The van der Waals surface area contributed by atoms with Gasteiger partial charge in [0.15, 0.2) is 0 Å². The van der Waals surface area contributed by atoms with Crippen molar-refractivity contribution in [3.8, 4) is 0 Å². The van der Waals surface area contributed by atoms with E-state index in [2.05, 4.69) is 0 Å². The van der Waals surface area contributed by atoms with E-state index in [9.17, 15) is 4.79 Å². The molecule has 0 spiro atoms. The van der Waals surface area contributed by atoms with Crippen LogP contribution in [0.15, 0.2) is 0 Å². The van der Waals surface area contributed by atoms with Gasteiger partial charge < -0.3 is 15.4 Å². The quantitative estimate of drug-likeness (QED) is 0.803. The summed E-state index contributed by atoms with van der Waals surface area (Å²) in [5, 5.41) is 0. The molecule has 4 nitrogen and oxygen atoms in total. The fourth-order valence-corrected chi connectivity index (χ4v) is 2.71. The van der Waals surface area contributed by atoms with Crippen LogP contribution in [-0.4, -0.2) is 35.7 Å². The molecule has 0 bridgehead atoms. The van der Waals surface area contributed by atoms with Crippen LogP contribution in [0.25, 0.3) is 0 Å². The molecule has 2 rings (SSSR count). The van der Waals surface area contributed by atoms with E-state index in [4.69, 9.17) is 10.5 Å². The number of ether oxygens (including phenoxy) is 1. The van der Waals surface area contributed by atoms with Gasteiger partial charge in [-0.15, -0.1) is 0 Å². The summed E-state index contributed by atoms with van der Waals surface area (Å²) in [6.45, 7) is 7.23. The van der Waals surface area contributed by atoms with Crippen molar-refractivity contribution >= 4 is 6.09 Å². The van der Waals surface area contributed by atoms with Gasteiger partial charge in [-0.2, -0.15) is 0 Å². The first-order valence-corrected chi connectivity index (χ1v) is 6.60. The Bertz CT molecular complexity index is 298. The Hall–Kier alpha value is -0.770. The van der Waals surface area contributed by atoms with Crippen molar-refractivity contribution in [1.82, 2.24) is 4.90 Å². The fourth-order valence-electron chi connectivity index (χ4n) is 2.71.